The number of aryl methyl sites for hydroxylation is 3. The molecule has 0 radical (unpaired) electrons. The molecule has 0 atom stereocenters. The topological polar surface area (TPSA) is 46.9 Å². The Balaban J connectivity index is 1.84. The number of amides is 1. The third-order valence-corrected chi connectivity index (χ3v) is 3.48. The number of rotatable bonds is 5. The lowest BCUT2D eigenvalue weighted by Crippen LogP contribution is -2.26. The second-order valence-electron chi connectivity index (χ2n) is 4.97. The Bertz CT molecular complexity index is 565. The van der Waals surface area contributed by atoms with E-state index in [1.807, 2.05) is 14.0 Å². The van der Waals surface area contributed by atoms with Crippen molar-refractivity contribution in [3.63, 3.8) is 0 Å². The van der Waals surface area contributed by atoms with Crippen molar-refractivity contribution in [2.45, 2.75) is 26.7 Å². The predicted octanol–water partition coefficient (Wildman–Crippen LogP) is 2.26. The van der Waals surface area contributed by atoms with E-state index in [2.05, 4.69) is 41.6 Å². The van der Waals surface area contributed by atoms with Crippen LogP contribution in [-0.2, 0) is 19.9 Å². The number of benzene rings is 1. The average Bonchev–Trinajstić information content (AvgIpc) is 2.79. The number of hydrogen-bond acceptors (Lipinski definition) is 2. The van der Waals surface area contributed by atoms with Gasteiger partial charge in [-0.15, -0.1) is 0 Å². The van der Waals surface area contributed by atoms with E-state index < -0.39 is 0 Å². The van der Waals surface area contributed by atoms with E-state index in [1.165, 1.54) is 11.1 Å². The van der Waals surface area contributed by atoms with Crippen LogP contribution in [0.15, 0.2) is 30.3 Å². The summed E-state index contributed by atoms with van der Waals surface area (Å²) in [5, 5.41) is 7.06. The molecule has 0 aliphatic carbocycles. The number of carbonyl (C=O) groups excluding carboxylic acids is 1. The molecule has 2 aromatic rings. The molecular formula is C16H21N3O. The number of carbonyl (C=O) groups is 1. The van der Waals surface area contributed by atoms with E-state index >= 15 is 0 Å². The van der Waals surface area contributed by atoms with Gasteiger partial charge in [-0.05, 0) is 37.0 Å². The van der Waals surface area contributed by atoms with Gasteiger partial charge in [0, 0.05) is 19.3 Å². The van der Waals surface area contributed by atoms with E-state index in [9.17, 15) is 4.79 Å². The molecular weight excluding hydrogens is 250 g/mol. The third-order valence-electron chi connectivity index (χ3n) is 3.48. The summed E-state index contributed by atoms with van der Waals surface area (Å²) < 4.78 is 1.71. The van der Waals surface area contributed by atoms with Crippen LogP contribution in [0, 0.1) is 6.92 Å². The molecule has 1 aromatic heterocycles. The van der Waals surface area contributed by atoms with E-state index in [4.69, 9.17) is 0 Å². The summed E-state index contributed by atoms with van der Waals surface area (Å²) in [5.74, 6) is -0.112. The number of aromatic nitrogens is 2. The van der Waals surface area contributed by atoms with Gasteiger partial charge in [-0.3, -0.25) is 9.48 Å². The van der Waals surface area contributed by atoms with Crippen molar-refractivity contribution in [2.24, 2.45) is 7.05 Å². The van der Waals surface area contributed by atoms with Crippen LogP contribution in [0.5, 0.6) is 0 Å². The molecule has 20 heavy (non-hydrogen) atoms. The minimum Gasteiger partial charge on any atom is -0.350 e. The molecule has 1 N–H and O–H groups in total. The average molecular weight is 271 g/mol. The first-order valence-electron chi connectivity index (χ1n) is 6.97. The number of nitrogens with zero attached hydrogens (tertiary/aromatic N) is 2. The smallest absolute Gasteiger partial charge is 0.271 e. The van der Waals surface area contributed by atoms with Gasteiger partial charge >= 0.3 is 0 Å². The van der Waals surface area contributed by atoms with Crippen molar-refractivity contribution < 1.29 is 4.79 Å². The first-order valence-corrected chi connectivity index (χ1v) is 6.97. The second-order valence-corrected chi connectivity index (χ2v) is 4.97. The predicted molar refractivity (Wildman–Crippen MR) is 79.8 cm³/mol. The summed E-state index contributed by atoms with van der Waals surface area (Å²) in [7, 11) is 1.83. The van der Waals surface area contributed by atoms with Gasteiger partial charge < -0.3 is 5.32 Å². The maximum atomic E-state index is 11.9. The van der Waals surface area contributed by atoms with E-state index in [0.29, 0.717) is 12.2 Å². The Labute approximate surface area is 119 Å². The van der Waals surface area contributed by atoms with Crippen LogP contribution in [0.4, 0.5) is 0 Å². The van der Waals surface area contributed by atoms with Gasteiger partial charge in [0.15, 0.2) is 0 Å². The zero-order valence-electron chi connectivity index (χ0n) is 12.3. The summed E-state index contributed by atoms with van der Waals surface area (Å²) in [6.07, 6.45) is 1.89. The van der Waals surface area contributed by atoms with Crippen molar-refractivity contribution in [2.75, 3.05) is 6.54 Å². The van der Waals surface area contributed by atoms with Gasteiger partial charge in [0.05, 0.1) is 0 Å². The van der Waals surface area contributed by atoms with Gasteiger partial charge in [0.1, 0.15) is 5.69 Å². The normalized spacial score (nSPS) is 10.6. The molecule has 1 heterocycles. The van der Waals surface area contributed by atoms with Crippen molar-refractivity contribution in [3.05, 3.63) is 52.8 Å². The quantitative estimate of drug-likeness (QED) is 0.906. The SMILES string of the molecule is CCc1ccc(CCNC(=O)c2cc(C)n(C)n2)cc1. The summed E-state index contributed by atoms with van der Waals surface area (Å²) >= 11 is 0. The summed E-state index contributed by atoms with van der Waals surface area (Å²) in [5.41, 5.74) is 4.03. The summed E-state index contributed by atoms with van der Waals surface area (Å²) in [6, 6.07) is 10.3. The molecule has 1 aromatic carbocycles. The van der Waals surface area contributed by atoms with Crippen molar-refractivity contribution in [1.29, 1.82) is 0 Å². The fraction of sp³-hybridized carbons (Fsp3) is 0.375. The highest BCUT2D eigenvalue weighted by Gasteiger charge is 2.09. The highest BCUT2D eigenvalue weighted by molar-refractivity contribution is 5.92. The summed E-state index contributed by atoms with van der Waals surface area (Å²) in [6.45, 7) is 4.70. The van der Waals surface area contributed by atoms with Gasteiger partial charge in [-0.2, -0.15) is 5.10 Å². The lowest BCUT2D eigenvalue weighted by Gasteiger charge is -2.04. The van der Waals surface area contributed by atoms with Crippen LogP contribution in [0.25, 0.3) is 0 Å². The standard InChI is InChI=1S/C16H21N3O/c1-4-13-5-7-14(8-6-13)9-10-17-16(20)15-11-12(2)19(3)18-15/h5-8,11H,4,9-10H2,1-3H3,(H,17,20). The first kappa shape index (κ1) is 14.3. The Morgan fingerprint density at radius 2 is 1.90 bits per heavy atom. The minimum atomic E-state index is -0.112. The lowest BCUT2D eigenvalue weighted by molar-refractivity contribution is 0.0948. The molecule has 0 aliphatic heterocycles. The molecule has 0 spiro atoms. The zero-order chi connectivity index (χ0) is 14.5. The van der Waals surface area contributed by atoms with Gasteiger partial charge in [0.25, 0.3) is 5.91 Å². The van der Waals surface area contributed by atoms with E-state index in [1.54, 1.807) is 10.7 Å². The largest absolute Gasteiger partial charge is 0.350 e. The maximum Gasteiger partial charge on any atom is 0.271 e. The van der Waals surface area contributed by atoms with Gasteiger partial charge in [-0.1, -0.05) is 31.2 Å². The highest BCUT2D eigenvalue weighted by atomic mass is 16.1. The van der Waals surface area contributed by atoms with Gasteiger partial charge in [-0.25, -0.2) is 0 Å². The molecule has 0 bridgehead atoms. The minimum absolute atomic E-state index is 0.112. The zero-order valence-corrected chi connectivity index (χ0v) is 12.3. The first-order chi connectivity index (χ1) is 9.60. The lowest BCUT2D eigenvalue weighted by atomic mass is 10.1. The van der Waals surface area contributed by atoms with E-state index in [0.717, 1.165) is 18.5 Å². The summed E-state index contributed by atoms with van der Waals surface area (Å²) in [4.78, 5) is 11.9. The van der Waals surface area contributed by atoms with Crippen LogP contribution in [0.1, 0.15) is 34.2 Å². The van der Waals surface area contributed by atoms with Crippen LogP contribution >= 0.6 is 0 Å². The Kier molecular flexibility index (Phi) is 4.56. The molecule has 0 fully saturated rings. The van der Waals surface area contributed by atoms with Crippen LogP contribution < -0.4 is 5.32 Å². The molecule has 4 heteroatoms. The maximum absolute atomic E-state index is 11.9. The number of hydrogen-bond donors (Lipinski definition) is 1. The fourth-order valence-corrected chi connectivity index (χ4v) is 2.02. The Morgan fingerprint density at radius 1 is 1.25 bits per heavy atom. The molecule has 0 saturated heterocycles. The van der Waals surface area contributed by atoms with Gasteiger partial charge in [0.2, 0.25) is 0 Å². The van der Waals surface area contributed by atoms with E-state index in [-0.39, 0.29) is 5.91 Å². The molecule has 0 saturated carbocycles. The molecule has 1 amide bonds. The van der Waals surface area contributed by atoms with Crippen LogP contribution in [0.2, 0.25) is 0 Å². The van der Waals surface area contributed by atoms with Crippen molar-refractivity contribution >= 4 is 5.91 Å². The van der Waals surface area contributed by atoms with Crippen molar-refractivity contribution in [3.8, 4) is 0 Å². The molecule has 0 unspecified atom stereocenters. The molecule has 4 nitrogen and oxygen atoms in total. The second kappa shape index (κ2) is 6.37. The fourth-order valence-electron chi connectivity index (χ4n) is 2.02. The molecule has 106 valence electrons. The molecule has 0 aliphatic rings. The monoisotopic (exact) mass is 271 g/mol. The van der Waals surface area contributed by atoms with Crippen LogP contribution in [-0.4, -0.2) is 22.2 Å². The van der Waals surface area contributed by atoms with Crippen LogP contribution in [0.3, 0.4) is 0 Å². The Morgan fingerprint density at radius 3 is 2.45 bits per heavy atom. The highest BCUT2D eigenvalue weighted by Crippen LogP contribution is 2.05. The third kappa shape index (κ3) is 3.47. The molecule has 2 rings (SSSR count). The van der Waals surface area contributed by atoms with Crippen molar-refractivity contribution in [1.82, 2.24) is 15.1 Å². The number of nitrogens with one attached hydrogen (secondary N) is 1. The Hall–Kier alpha value is -2.10.